The first-order valence-corrected chi connectivity index (χ1v) is 6.03. The number of anilines is 1. The van der Waals surface area contributed by atoms with Gasteiger partial charge in [0, 0.05) is 26.5 Å². The smallest absolute Gasteiger partial charge is 0.376 e. The van der Waals surface area contributed by atoms with Gasteiger partial charge in [-0.15, -0.1) is 0 Å². The van der Waals surface area contributed by atoms with E-state index >= 15 is 0 Å². The van der Waals surface area contributed by atoms with Crippen LogP contribution in [0.25, 0.3) is 5.65 Å². The van der Waals surface area contributed by atoms with E-state index in [1.807, 2.05) is 0 Å². The number of nitrogens with one attached hydrogen (secondary N) is 1. The van der Waals surface area contributed by atoms with Gasteiger partial charge in [-0.2, -0.15) is 0 Å². The number of nitrogens with zero attached hydrogens (tertiary/aromatic N) is 3. The van der Waals surface area contributed by atoms with E-state index in [2.05, 4.69) is 10.3 Å². The third-order valence-electron chi connectivity index (χ3n) is 2.71. The second-order valence-corrected chi connectivity index (χ2v) is 4.07. The lowest BCUT2D eigenvalue weighted by molar-refractivity contribution is -0.385. The molecule has 106 valence electrons. The number of hydrogen-bond donors (Lipinski definition) is 1. The predicted molar refractivity (Wildman–Crippen MR) is 73.1 cm³/mol. The fourth-order valence-corrected chi connectivity index (χ4v) is 1.79. The summed E-state index contributed by atoms with van der Waals surface area (Å²) < 4.78 is 6.04. The molecule has 8 heteroatoms. The predicted octanol–water partition coefficient (Wildman–Crippen LogP) is 1.05. The minimum absolute atomic E-state index is 0.0118. The number of pyridine rings is 1. The summed E-state index contributed by atoms with van der Waals surface area (Å²) >= 11 is 0. The Morgan fingerprint density at radius 3 is 3.00 bits per heavy atom. The van der Waals surface area contributed by atoms with E-state index in [4.69, 9.17) is 4.74 Å². The summed E-state index contributed by atoms with van der Waals surface area (Å²) in [5.41, 5.74) is -0.890. The molecule has 2 aromatic heterocycles. The van der Waals surface area contributed by atoms with Gasteiger partial charge in [0.25, 0.3) is 0 Å². The van der Waals surface area contributed by atoms with E-state index < -0.39 is 16.2 Å². The molecular formula is C12H14N4O4. The maximum absolute atomic E-state index is 12.1. The zero-order chi connectivity index (χ0) is 14.5. The van der Waals surface area contributed by atoms with Crippen LogP contribution < -0.4 is 10.9 Å². The first-order valence-electron chi connectivity index (χ1n) is 6.03. The molecule has 0 spiro atoms. The largest absolute Gasteiger partial charge is 0.385 e. The number of rotatable bonds is 6. The molecule has 0 aromatic carbocycles. The van der Waals surface area contributed by atoms with Crippen molar-refractivity contribution in [3.05, 3.63) is 44.9 Å². The highest BCUT2D eigenvalue weighted by atomic mass is 16.6. The third-order valence-corrected chi connectivity index (χ3v) is 2.71. The van der Waals surface area contributed by atoms with E-state index in [0.717, 1.165) is 4.40 Å². The molecule has 0 aliphatic carbocycles. The quantitative estimate of drug-likeness (QED) is 0.481. The molecule has 8 nitrogen and oxygen atoms in total. The summed E-state index contributed by atoms with van der Waals surface area (Å²) in [5.74, 6) is -0.0118. The Balaban J connectivity index is 2.43. The van der Waals surface area contributed by atoms with Crippen LogP contribution in [0.15, 0.2) is 29.2 Å². The molecule has 2 rings (SSSR count). The fraction of sp³-hybridized carbons (Fsp3) is 0.333. The minimum atomic E-state index is -0.715. The van der Waals surface area contributed by atoms with Crippen LogP contribution in [-0.2, 0) is 4.74 Å². The van der Waals surface area contributed by atoms with Crippen molar-refractivity contribution in [1.29, 1.82) is 0 Å². The number of ether oxygens (including phenoxy) is 1. The second-order valence-electron chi connectivity index (χ2n) is 4.07. The van der Waals surface area contributed by atoms with Crippen LogP contribution in [0.3, 0.4) is 0 Å². The van der Waals surface area contributed by atoms with Crippen molar-refractivity contribution in [3.8, 4) is 0 Å². The van der Waals surface area contributed by atoms with Crippen LogP contribution in [0.4, 0.5) is 11.5 Å². The standard InChI is InChI=1S/C12H14N4O4/c1-20-8-4-6-13-11-10(16(18)19)12(17)15-7-3-2-5-9(15)14-11/h2-3,5,7,13H,4,6,8H2,1H3. The lowest BCUT2D eigenvalue weighted by atomic mass is 10.4. The first-order chi connectivity index (χ1) is 9.65. The van der Waals surface area contributed by atoms with Crippen molar-refractivity contribution in [2.24, 2.45) is 0 Å². The molecule has 20 heavy (non-hydrogen) atoms. The molecule has 1 N–H and O–H groups in total. The number of fused-ring (bicyclic) bond motifs is 1. The van der Waals surface area contributed by atoms with Gasteiger partial charge >= 0.3 is 11.2 Å². The molecule has 0 aliphatic rings. The average Bonchev–Trinajstić information content (AvgIpc) is 2.43. The van der Waals surface area contributed by atoms with Crippen LogP contribution in [0.2, 0.25) is 0 Å². The fourth-order valence-electron chi connectivity index (χ4n) is 1.79. The van der Waals surface area contributed by atoms with Crippen molar-refractivity contribution < 1.29 is 9.66 Å². The first kappa shape index (κ1) is 13.9. The Morgan fingerprint density at radius 1 is 1.50 bits per heavy atom. The Hall–Kier alpha value is -2.48. The van der Waals surface area contributed by atoms with Crippen LogP contribution in [-0.4, -0.2) is 34.6 Å². The van der Waals surface area contributed by atoms with Crippen molar-refractivity contribution in [2.45, 2.75) is 6.42 Å². The minimum Gasteiger partial charge on any atom is -0.385 e. The molecule has 0 amide bonds. The maximum Gasteiger partial charge on any atom is 0.376 e. The number of aromatic nitrogens is 2. The molecule has 0 unspecified atom stereocenters. The molecule has 0 saturated carbocycles. The highest BCUT2D eigenvalue weighted by Gasteiger charge is 2.22. The topological polar surface area (TPSA) is 98.8 Å². The van der Waals surface area contributed by atoms with Crippen molar-refractivity contribution >= 4 is 17.2 Å². The number of nitro groups is 1. The van der Waals surface area contributed by atoms with Crippen LogP contribution >= 0.6 is 0 Å². The highest BCUT2D eigenvalue weighted by Crippen LogP contribution is 2.17. The summed E-state index contributed by atoms with van der Waals surface area (Å²) in [5, 5.41) is 13.9. The Bertz CT molecular complexity index is 683. The zero-order valence-electron chi connectivity index (χ0n) is 10.9. The molecule has 2 aromatic rings. The van der Waals surface area contributed by atoms with Crippen molar-refractivity contribution in [2.75, 3.05) is 25.6 Å². The van der Waals surface area contributed by atoms with Gasteiger partial charge < -0.3 is 10.1 Å². The van der Waals surface area contributed by atoms with Crippen LogP contribution in [0.1, 0.15) is 6.42 Å². The van der Waals surface area contributed by atoms with Gasteiger partial charge in [-0.1, -0.05) is 6.07 Å². The van der Waals surface area contributed by atoms with E-state index in [-0.39, 0.29) is 5.82 Å². The van der Waals surface area contributed by atoms with E-state index in [0.29, 0.717) is 25.2 Å². The summed E-state index contributed by atoms with van der Waals surface area (Å²) in [4.78, 5) is 26.6. The van der Waals surface area contributed by atoms with E-state index in [1.165, 1.54) is 6.20 Å². The zero-order valence-corrected chi connectivity index (χ0v) is 10.9. The van der Waals surface area contributed by atoms with Crippen LogP contribution in [0.5, 0.6) is 0 Å². The van der Waals surface area contributed by atoms with E-state index in [1.54, 1.807) is 25.3 Å². The monoisotopic (exact) mass is 278 g/mol. The van der Waals surface area contributed by atoms with Crippen molar-refractivity contribution in [3.63, 3.8) is 0 Å². The Morgan fingerprint density at radius 2 is 2.30 bits per heavy atom. The lowest BCUT2D eigenvalue weighted by Crippen LogP contribution is -2.21. The maximum atomic E-state index is 12.1. The lowest BCUT2D eigenvalue weighted by Gasteiger charge is -2.07. The van der Waals surface area contributed by atoms with Gasteiger partial charge in [0.15, 0.2) is 0 Å². The molecule has 0 aliphatic heterocycles. The Labute approximate surface area is 114 Å². The molecule has 0 fully saturated rings. The molecule has 2 heterocycles. The third kappa shape index (κ3) is 2.75. The summed E-state index contributed by atoms with van der Waals surface area (Å²) in [7, 11) is 1.57. The molecule has 0 saturated heterocycles. The summed E-state index contributed by atoms with van der Waals surface area (Å²) in [6, 6.07) is 4.94. The van der Waals surface area contributed by atoms with Gasteiger partial charge in [-0.3, -0.25) is 19.3 Å². The average molecular weight is 278 g/mol. The molecule has 0 bridgehead atoms. The van der Waals surface area contributed by atoms with Crippen LogP contribution in [0, 0.1) is 10.1 Å². The van der Waals surface area contributed by atoms with Gasteiger partial charge in [-0.25, -0.2) is 4.98 Å². The normalized spacial score (nSPS) is 10.7. The molecular weight excluding hydrogens is 264 g/mol. The Kier molecular flexibility index (Phi) is 4.26. The number of hydrogen-bond acceptors (Lipinski definition) is 6. The summed E-state index contributed by atoms with van der Waals surface area (Å²) in [6.45, 7) is 0.956. The van der Waals surface area contributed by atoms with Gasteiger partial charge in [0.1, 0.15) is 5.65 Å². The van der Waals surface area contributed by atoms with Gasteiger partial charge in [0.2, 0.25) is 5.82 Å². The molecule has 0 radical (unpaired) electrons. The van der Waals surface area contributed by atoms with Crippen molar-refractivity contribution in [1.82, 2.24) is 9.38 Å². The summed E-state index contributed by atoms with van der Waals surface area (Å²) in [6.07, 6.45) is 2.11. The highest BCUT2D eigenvalue weighted by molar-refractivity contribution is 5.59. The SMILES string of the molecule is COCCCNc1nc2ccccn2c(=O)c1[N+](=O)[O-]. The van der Waals surface area contributed by atoms with Gasteiger partial charge in [-0.05, 0) is 18.6 Å². The van der Waals surface area contributed by atoms with Gasteiger partial charge in [0.05, 0.1) is 4.92 Å². The second kappa shape index (κ2) is 6.11. The van der Waals surface area contributed by atoms with E-state index in [9.17, 15) is 14.9 Å². The number of methoxy groups -OCH3 is 1. The molecule has 0 atom stereocenters.